The van der Waals surface area contributed by atoms with Gasteiger partial charge in [-0.15, -0.1) is 0 Å². The van der Waals surface area contributed by atoms with E-state index in [2.05, 4.69) is 23.3 Å². The van der Waals surface area contributed by atoms with E-state index >= 15 is 0 Å². The van der Waals surface area contributed by atoms with E-state index in [-0.39, 0.29) is 11.5 Å². The van der Waals surface area contributed by atoms with Crippen LogP contribution in [0.25, 0.3) is 0 Å². The summed E-state index contributed by atoms with van der Waals surface area (Å²) in [5.74, 6) is 2.21. The molecular formula is C19H27N3O2. The summed E-state index contributed by atoms with van der Waals surface area (Å²) in [5, 5.41) is 3.38. The van der Waals surface area contributed by atoms with Gasteiger partial charge in [-0.1, -0.05) is 25.1 Å². The van der Waals surface area contributed by atoms with Gasteiger partial charge in [-0.2, -0.15) is 0 Å². The molecule has 2 aliphatic heterocycles. The van der Waals surface area contributed by atoms with E-state index in [4.69, 9.17) is 15.2 Å². The number of hydrogen-bond acceptors (Lipinski definition) is 3. The Kier molecular flexibility index (Phi) is 4.12. The van der Waals surface area contributed by atoms with Gasteiger partial charge in [-0.25, -0.2) is 0 Å². The first kappa shape index (κ1) is 15.8. The molecule has 3 N–H and O–H groups in total. The first-order valence-electron chi connectivity index (χ1n) is 9.05. The maximum Gasteiger partial charge on any atom is 0.189 e. The van der Waals surface area contributed by atoms with E-state index in [1.54, 1.807) is 0 Å². The molecule has 130 valence electrons. The van der Waals surface area contributed by atoms with Crippen molar-refractivity contribution in [2.24, 2.45) is 22.1 Å². The third kappa shape index (κ3) is 3.09. The lowest BCUT2D eigenvalue weighted by Crippen LogP contribution is -2.39. The minimum absolute atomic E-state index is 0.126. The van der Waals surface area contributed by atoms with Crippen molar-refractivity contribution in [2.45, 2.75) is 44.8 Å². The van der Waals surface area contributed by atoms with Crippen molar-refractivity contribution in [1.82, 2.24) is 5.32 Å². The molecule has 3 unspecified atom stereocenters. The first-order valence-corrected chi connectivity index (χ1v) is 9.05. The summed E-state index contributed by atoms with van der Waals surface area (Å²) in [6.45, 7) is 4.59. The van der Waals surface area contributed by atoms with Crippen LogP contribution in [0.3, 0.4) is 0 Å². The quantitative estimate of drug-likeness (QED) is 0.658. The first-order chi connectivity index (χ1) is 11.7. The minimum Gasteiger partial charge on any atom is -0.493 e. The van der Waals surface area contributed by atoms with Gasteiger partial charge < -0.3 is 20.5 Å². The number of nitrogens with zero attached hydrogens (tertiary/aromatic N) is 1. The van der Waals surface area contributed by atoms with Crippen molar-refractivity contribution in [3.63, 3.8) is 0 Å². The molecule has 1 aliphatic carbocycles. The molecule has 1 saturated heterocycles. The van der Waals surface area contributed by atoms with Crippen LogP contribution in [0.5, 0.6) is 5.75 Å². The standard InChI is InChI=1S/C19H27N3O2/c1-19(9-11-24-17(19)13-6-7-13)12-21-18(20)22-15-8-10-23-16-5-3-2-4-14(15)16/h2-5,13,15,17H,6-12H2,1H3,(H3,20,21,22). The second kappa shape index (κ2) is 6.28. The molecular weight excluding hydrogens is 302 g/mol. The normalized spacial score (nSPS) is 33.0. The van der Waals surface area contributed by atoms with Gasteiger partial charge in [-0.05, 0) is 31.2 Å². The molecule has 0 amide bonds. The van der Waals surface area contributed by atoms with E-state index in [1.165, 1.54) is 12.8 Å². The molecule has 0 spiro atoms. The number of ether oxygens (including phenoxy) is 2. The van der Waals surface area contributed by atoms with Gasteiger partial charge in [0.1, 0.15) is 5.75 Å². The molecule has 0 bridgehead atoms. The number of hydrogen-bond donors (Lipinski definition) is 2. The Bertz CT molecular complexity index is 629. The Morgan fingerprint density at radius 1 is 1.29 bits per heavy atom. The molecule has 2 heterocycles. The zero-order valence-corrected chi connectivity index (χ0v) is 14.3. The second-order valence-electron chi connectivity index (χ2n) is 7.61. The summed E-state index contributed by atoms with van der Waals surface area (Å²) in [5.41, 5.74) is 7.48. The average molecular weight is 329 g/mol. The van der Waals surface area contributed by atoms with Crippen LogP contribution in [-0.4, -0.2) is 31.8 Å². The Labute approximate surface area is 143 Å². The summed E-state index contributed by atoms with van der Waals surface area (Å²) in [4.78, 5) is 4.67. The summed E-state index contributed by atoms with van der Waals surface area (Å²) < 4.78 is 11.7. The van der Waals surface area contributed by atoms with Crippen molar-refractivity contribution in [3.05, 3.63) is 29.8 Å². The highest BCUT2D eigenvalue weighted by molar-refractivity contribution is 5.78. The van der Waals surface area contributed by atoms with E-state index in [0.717, 1.165) is 43.2 Å². The minimum atomic E-state index is 0.126. The number of fused-ring (bicyclic) bond motifs is 1. The largest absolute Gasteiger partial charge is 0.493 e. The van der Waals surface area contributed by atoms with Crippen LogP contribution in [0.4, 0.5) is 0 Å². The van der Waals surface area contributed by atoms with E-state index in [9.17, 15) is 0 Å². The molecule has 1 aromatic carbocycles. The zero-order chi connectivity index (χ0) is 16.6. The highest BCUT2D eigenvalue weighted by Gasteiger charge is 2.48. The van der Waals surface area contributed by atoms with Crippen LogP contribution in [0, 0.1) is 11.3 Å². The number of aliphatic imine (C=N–C) groups is 1. The summed E-state index contributed by atoms with van der Waals surface area (Å²) in [7, 11) is 0. The Hall–Kier alpha value is -1.75. The van der Waals surface area contributed by atoms with Gasteiger partial charge in [0.25, 0.3) is 0 Å². The number of nitrogens with two attached hydrogens (primary N) is 1. The van der Waals surface area contributed by atoms with Crippen molar-refractivity contribution < 1.29 is 9.47 Å². The monoisotopic (exact) mass is 329 g/mol. The fourth-order valence-corrected chi connectivity index (χ4v) is 4.02. The molecule has 2 fully saturated rings. The highest BCUT2D eigenvalue weighted by Crippen LogP contribution is 2.47. The van der Waals surface area contributed by atoms with Crippen LogP contribution >= 0.6 is 0 Å². The molecule has 0 radical (unpaired) electrons. The predicted molar refractivity (Wildman–Crippen MR) is 94.1 cm³/mol. The van der Waals surface area contributed by atoms with Crippen molar-refractivity contribution in [2.75, 3.05) is 19.8 Å². The molecule has 1 aromatic rings. The van der Waals surface area contributed by atoms with Gasteiger partial charge in [0.2, 0.25) is 0 Å². The Balaban J connectivity index is 1.41. The van der Waals surface area contributed by atoms with Gasteiger partial charge in [0, 0.05) is 24.0 Å². The molecule has 5 nitrogen and oxygen atoms in total. The number of nitrogens with one attached hydrogen (secondary N) is 1. The molecule has 3 atom stereocenters. The zero-order valence-electron chi connectivity index (χ0n) is 14.3. The van der Waals surface area contributed by atoms with Crippen molar-refractivity contribution in [1.29, 1.82) is 0 Å². The topological polar surface area (TPSA) is 68.9 Å². The Morgan fingerprint density at radius 2 is 2.12 bits per heavy atom. The molecule has 3 aliphatic rings. The maximum absolute atomic E-state index is 6.19. The summed E-state index contributed by atoms with van der Waals surface area (Å²) in [6.07, 6.45) is 4.94. The summed E-state index contributed by atoms with van der Waals surface area (Å²) in [6, 6.07) is 8.30. The summed E-state index contributed by atoms with van der Waals surface area (Å²) >= 11 is 0. The molecule has 0 aromatic heterocycles. The van der Waals surface area contributed by atoms with Crippen LogP contribution in [-0.2, 0) is 4.74 Å². The average Bonchev–Trinajstić information content (AvgIpc) is 3.36. The van der Waals surface area contributed by atoms with Crippen LogP contribution in [0.1, 0.15) is 44.2 Å². The molecule has 24 heavy (non-hydrogen) atoms. The molecule has 1 saturated carbocycles. The van der Waals surface area contributed by atoms with E-state index in [0.29, 0.717) is 18.7 Å². The predicted octanol–water partition coefficient (Wildman–Crippen LogP) is 2.62. The van der Waals surface area contributed by atoms with E-state index in [1.807, 2.05) is 18.2 Å². The highest BCUT2D eigenvalue weighted by atomic mass is 16.5. The molecule has 5 heteroatoms. The number of guanidine groups is 1. The lowest BCUT2D eigenvalue weighted by Gasteiger charge is -2.29. The van der Waals surface area contributed by atoms with Crippen molar-refractivity contribution in [3.8, 4) is 5.75 Å². The fraction of sp³-hybridized carbons (Fsp3) is 0.632. The number of para-hydroxylation sites is 1. The lowest BCUT2D eigenvalue weighted by molar-refractivity contribution is 0.0424. The van der Waals surface area contributed by atoms with Gasteiger partial charge >= 0.3 is 0 Å². The second-order valence-corrected chi connectivity index (χ2v) is 7.61. The van der Waals surface area contributed by atoms with Crippen molar-refractivity contribution >= 4 is 5.96 Å². The van der Waals surface area contributed by atoms with Gasteiger partial charge in [-0.3, -0.25) is 4.99 Å². The van der Waals surface area contributed by atoms with Crippen LogP contribution < -0.4 is 15.8 Å². The SMILES string of the molecule is CC1(CN=C(N)NC2CCOc3ccccc32)CCOC1C1CC1. The van der Waals surface area contributed by atoms with Crippen LogP contribution in [0.15, 0.2) is 29.3 Å². The van der Waals surface area contributed by atoms with Gasteiger partial charge in [0.15, 0.2) is 5.96 Å². The fourth-order valence-electron chi connectivity index (χ4n) is 4.02. The maximum atomic E-state index is 6.19. The Morgan fingerprint density at radius 3 is 2.96 bits per heavy atom. The smallest absolute Gasteiger partial charge is 0.189 e. The van der Waals surface area contributed by atoms with Crippen LogP contribution in [0.2, 0.25) is 0 Å². The third-order valence-corrected chi connectivity index (χ3v) is 5.60. The number of rotatable bonds is 4. The number of benzene rings is 1. The van der Waals surface area contributed by atoms with E-state index < -0.39 is 0 Å². The lowest BCUT2D eigenvalue weighted by atomic mass is 9.81. The molecule has 4 rings (SSSR count). The van der Waals surface area contributed by atoms with Gasteiger partial charge in [0.05, 0.1) is 25.3 Å². The third-order valence-electron chi connectivity index (χ3n) is 5.60.